The van der Waals surface area contributed by atoms with Crippen LogP contribution in [0, 0.1) is 35.5 Å². The van der Waals surface area contributed by atoms with Gasteiger partial charge in [0.2, 0.25) is 29.5 Å². The van der Waals surface area contributed by atoms with Crippen LogP contribution < -0.4 is 15.5 Å². The zero-order chi connectivity index (χ0) is 76.0. The van der Waals surface area contributed by atoms with Crippen LogP contribution >= 0.6 is 0 Å². The Morgan fingerprint density at radius 3 is 2.14 bits per heavy atom. The predicted molar refractivity (Wildman–Crippen MR) is 389 cm³/mol. The number of allylic oxidation sites excluding steroid dienone is 5. The molecule has 1 aromatic rings. The summed E-state index contributed by atoms with van der Waals surface area (Å²) in [6, 6.07) is -1.14. The van der Waals surface area contributed by atoms with Crippen LogP contribution in [-0.4, -0.2) is 263 Å². The number of cyclic esters (lactones) is 1. The van der Waals surface area contributed by atoms with Crippen molar-refractivity contribution in [1.82, 2.24) is 35.3 Å². The number of hydrogen-bond donors (Lipinski definition) is 4. The molecule has 4 aliphatic heterocycles. The predicted octanol–water partition coefficient (Wildman–Crippen LogP) is 5.86. The first-order chi connectivity index (χ1) is 49.7. The summed E-state index contributed by atoms with van der Waals surface area (Å²) in [5.74, 6) is -7.62. The molecule has 6 rings (SSSR count). The number of anilines is 1. The molecule has 4 N–H and O–H groups in total. The number of likely N-dealkylation sites (N-methyl/N-ethyl adjacent to an activating group) is 1. The molecule has 0 spiro atoms. The van der Waals surface area contributed by atoms with Gasteiger partial charge in [0, 0.05) is 130 Å². The first-order valence-electron chi connectivity index (χ1n) is 37.6. The normalized spacial score (nSPS) is 31.1. The maximum Gasteiger partial charge on any atom is 0.329 e. The Hall–Kier alpha value is -6.40. The SMILES string of the molecule is CCNC(=O)CCOCCOCCNC(=O)CN(C)CC(=O)N1CCN(c2ncc(CCC(=O)O[C@@H]3CC[C@@H](C[C@@H](C)[C@@H]4C[C@@H](OC)[C@H](C)/C=C(\C)[C@@H](O)[C@@H](OC)C(=O)[C@H](C)C[C@H](C)/C=C/C=C/C=C(\C)[C@@H](OC)C[C@@H]5CC[C@@H](C)[C@@](O)(O5)C(=O)C(=O)N5CCCC[C@H]5C(=O)O4)C[C@H]3OC)cn2)CC1. The van der Waals surface area contributed by atoms with Gasteiger partial charge in [-0.1, -0.05) is 71.1 Å². The maximum absolute atomic E-state index is 14.9. The molecule has 3 saturated heterocycles. The molecule has 5 aliphatic rings. The van der Waals surface area contributed by atoms with E-state index in [9.17, 15) is 48.6 Å². The molecule has 1 aromatic heterocycles. The van der Waals surface area contributed by atoms with Gasteiger partial charge in [-0.05, 0) is 133 Å². The zero-order valence-electron chi connectivity index (χ0n) is 64.1. The van der Waals surface area contributed by atoms with E-state index in [1.165, 1.54) is 12.0 Å². The number of piperazine rings is 1. The highest BCUT2D eigenvalue weighted by molar-refractivity contribution is 6.39. The number of fused-ring (bicyclic) bond motifs is 3. The number of methoxy groups -OCH3 is 4. The summed E-state index contributed by atoms with van der Waals surface area (Å²) >= 11 is 0. The first kappa shape index (κ1) is 86.5. The summed E-state index contributed by atoms with van der Waals surface area (Å²) in [5, 5.41) is 29.5. The Balaban J connectivity index is 1.05. The maximum atomic E-state index is 14.9. The van der Waals surface area contributed by atoms with Gasteiger partial charge >= 0.3 is 11.9 Å². The average molecular weight is 1460 g/mol. The third-order valence-electron chi connectivity index (χ3n) is 21.0. The van der Waals surface area contributed by atoms with Crippen LogP contribution in [0.15, 0.2) is 60.0 Å². The molecule has 4 amide bonds. The summed E-state index contributed by atoms with van der Waals surface area (Å²) in [4.78, 5) is 125. The summed E-state index contributed by atoms with van der Waals surface area (Å²) in [7, 11) is 7.88. The molecule has 2 bridgehead atoms. The highest BCUT2D eigenvalue weighted by Crippen LogP contribution is 2.39. The number of aliphatic hydroxyl groups is 2. The Labute approximate surface area is 616 Å². The van der Waals surface area contributed by atoms with E-state index < -0.39 is 96.1 Å². The van der Waals surface area contributed by atoms with Crippen molar-refractivity contribution >= 4 is 53.1 Å². The van der Waals surface area contributed by atoms with Crippen LogP contribution in [0.5, 0.6) is 0 Å². The second-order valence-corrected chi connectivity index (χ2v) is 29.2. The highest BCUT2D eigenvalue weighted by Gasteiger charge is 2.53. The van der Waals surface area contributed by atoms with Gasteiger partial charge in [-0.3, -0.25) is 38.5 Å². The second-order valence-electron chi connectivity index (χ2n) is 29.2. The lowest BCUT2D eigenvalue weighted by Crippen LogP contribution is -2.61. The fourth-order valence-corrected chi connectivity index (χ4v) is 14.7. The molecule has 584 valence electrons. The fourth-order valence-electron chi connectivity index (χ4n) is 14.7. The number of ketones is 2. The van der Waals surface area contributed by atoms with E-state index in [-0.39, 0.29) is 92.5 Å². The van der Waals surface area contributed by atoms with Crippen LogP contribution in [0.2, 0.25) is 0 Å². The van der Waals surface area contributed by atoms with Crippen molar-refractivity contribution in [2.24, 2.45) is 35.5 Å². The fraction of sp³-hybridized carbons (Fsp3) is 0.740. The minimum atomic E-state index is -2.46. The molecule has 27 heteroatoms. The summed E-state index contributed by atoms with van der Waals surface area (Å²) in [6.45, 7) is 19.3. The number of carbonyl (C=O) groups is 8. The number of aliphatic hydroxyl groups excluding tert-OH is 1. The van der Waals surface area contributed by atoms with Gasteiger partial charge in [-0.15, -0.1) is 0 Å². The third-order valence-corrected chi connectivity index (χ3v) is 21.0. The van der Waals surface area contributed by atoms with Crippen molar-refractivity contribution in [1.29, 1.82) is 0 Å². The van der Waals surface area contributed by atoms with Gasteiger partial charge in [0.1, 0.15) is 30.5 Å². The van der Waals surface area contributed by atoms with E-state index in [1.54, 1.807) is 64.4 Å². The molecule has 4 fully saturated rings. The van der Waals surface area contributed by atoms with Crippen molar-refractivity contribution in [2.75, 3.05) is 126 Å². The Bertz CT molecular complexity index is 3030. The number of Topliss-reactive ketones (excluding diaryl/α,β-unsaturated/α-hetero) is 2. The van der Waals surface area contributed by atoms with Crippen LogP contribution in [0.3, 0.4) is 0 Å². The van der Waals surface area contributed by atoms with Crippen LogP contribution in [-0.2, 0) is 87.4 Å². The van der Waals surface area contributed by atoms with E-state index in [0.717, 1.165) is 11.1 Å². The number of rotatable bonds is 26. The molecule has 104 heavy (non-hydrogen) atoms. The van der Waals surface area contributed by atoms with Gasteiger partial charge in [0.15, 0.2) is 5.78 Å². The molecule has 16 atom stereocenters. The van der Waals surface area contributed by atoms with Gasteiger partial charge in [-0.2, -0.15) is 0 Å². The number of aryl methyl sites for hydroxylation is 1. The molecule has 0 radical (unpaired) electrons. The minimum Gasteiger partial charge on any atom is -0.460 e. The van der Waals surface area contributed by atoms with Crippen LogP contribution in [0.25, 0.3) is 0 Å². The van der Waals surface area contributed by atoms with E-state index in [0.29, 0.717) is 148 Å². The number of nitrogens with zero attached hydrogens (tertiary/aromatic N) is 6. The largest absolute Gasteiger partial charge is 0.460 e. The summed E-state index contributed by atoms with van der Waals surface area (Å²) in [6.07, 6.45) is 15.3. The van der Waals surface area contributed by atoms with E-state index in [1.807, 2.05) is 82.9 Å². The van der Waals surface area contributed by atoms with Crippen LogP contribution in [0.1, 0.15) is 151 Å². The van der Waals surface area contributed by atoms with E-state index >= 15 is 0 Å². The van der Waals surface area contributed by atoms with E-state index in [2.05, 4.69) is 20.6 Å². The minimum absolute atomic E-state index is 0.00826. The summed E-state index contributed by atoms with van der Waals surface area (Å²) < 4.78 is 53.7. The first-order valence-corrected chi connectivity index (χ1v) is 37.6. The number of ether oxygens (including phenoxy) is 9. The number of nitrogens with one attached hydrogen (secondary N) is 2. The Kier molecular flexibility index (Phi) is 36.6. The summed E-state index contributed by atoms with van der Waals surface area (Å²) in [5.41, 5.74) is 2.12. The van der Waals surface area contributed by atoms with Crippen molar-refractivity contribution in [3.63, 3.8) is 0 Å². The van der Waals surface area contributed by atoms with Crippen LogP contribution in [0.4, 0.5) is 5.95 Å². The lowest BCUT2D eigenvalue weighted by molar-refractivity contribution is -0.265. The monoisotopic (exact) mass is 1460 g/mol. The molecular formula is C77H122N8O19. The Morgan fingerprint density at radius 2 is 1.46 bits per heavy atom. The molecular weight excluding hydrogens is 1340 g/mol. The highest BCUT2D eigenvalue weighted by atomic mass is 16.6. The smallest absolute Gasteiger partial charge is 0.329 e. The van der Waals surface area contributed by atoms with Gasteiger partial charge < -0.3 is 78.2 Å². The van der Waals surface area contributed by atoms with Gasteiger partial charge in [-0.25, -0.2) is 14.8 Å². The van der Waals surface area contributed by atoms with Crippen molar-refractivity contribution in [3.8, 4) is 0 Å². The quantitative estimate of drug-likeness (QED) is 0.0365. The van der Waals surface area contributed by atoms with E-state index in [4.69, 9.17) is 42.6 Å². The number of aromatic nitrogens is 2. The molecule has 27 nitrogen and oxygen atoms in total. The second kappa shape index (κ2) is 44.0. The standard InChI is InChI=1S/C77H122N8O19/c1-14-78-66(86)29-36-100-38-39-101-37-30-79-67(87)48-82(9)49-68(88)83-32-34-84(35-33-83)76-80-46-58(47-81-76)25-28-69(89)102-61-27-24-57(43-65(61)98-12)42-53(5)64-45-63(97-11)52(4)41-55(7)71(91)72(99-13)70(90)54(6)40-50(2)20-16-15-17-21-51(3)62(96-10)44-59-26-23-56(8)77(95,104-59)73(92)74(93)85-31-19-18-22-60(85)75(94)103-64/h15-17,20-21,41,46-47,50,52-54,56-57,59-65,71-72,91,95H,14,18-19,22-40,42-45,48-49H2,1-13H3,(H,78,86)(H,79,87)/b17-15+,20-16+,51-21+,55-41+/t50-,52-,53-,54-,56-,57+,59+,60+,61-,62+,63-,64+,65-,71-,72+,77-/m1/s1. The van der Waals surface area contributed by atoms with Crippen molar-refractivity contribution in [2.45, 2.75) is 212 Å². The number of hydrogen-bond acceptors (Lipinski definition) is 23. The molecule has 0 aromatic carbocycles. The Morgan fingerprint density at radius 1 is 0.750 bits per heavy atom. The van der Waals surface area contributed by atoms with Crippen molar-refractivity contribution in [3.05, 3.63) is 65.6 Å². The third kappa shape index (κ3) is 26.5. The van der Waals surface area contributed by atoms with Gasteiger partial charge in [0.25, 0.3) is 11.7 Å². The molecule has 0 unspecified atom stereocenters. The number of carbonyl (C=O) groups excluding carboxylic acids is 8. The number of amides is 4. The average Bonchev–Trinajstić information content (AvgIpc) is 0.767. The molecule has 1 saturated carbocycles. The number of piperidine rings is 1. The molecule has 5 heterocycles. The topological polar surface area (TPSA) is 323 Å². The van der Waals surface area contributed by atoms with Crippen molar-refractivity contribution < 1.29 is 91.2 Å². The zero-order valence-corrected chi connectivity index (χ0v) is 64.1. The van der Waals surface area contributed by atoms with Gasteiger partial charge in [0.05, 0.1) is 63.9 Å². The molecule has 1 aliphatic carbocycles. The lowest BCUT2D eigenvalue weighted by atomic mass is 9.78. The lowest BCUT2D eigenvalue weighted by Gasteiger charge is -2.43. The number of esters is 2.